The fourth-order valence-corrected chi connectivity index (χ4v) is 2.74. The first-order valence-electron chi connectivity index (χ1n) is 7.01. The average molecular weight is 269 g/mol. The molecule has 0 aliphatic carbocycles. The van der Waals surface area contributed by atoms with Crippen molar-refractivity contribution in [3.8, 4) is 11.3 Å². The van der Waals surface area contributed by atoms with Gasteiger partial charge in [0.2, 0.25) is 0 Å². The molecule has 0 radical (unpaired) electrons. The Hall–Kier alpha value is -1.83. The number of rotatable bonds is 1. The third-order valence-electron chi connectivity index (χ3n) is 3.65. The van der Waals surface area contributed by atoms with E-state index in [-0.39, 0.29) is 10.8 Å². The lowest BCUT2D eigenvalue weighted by atomic mass is 9.82. The Balaban J connectivity index is 2.65. The van der Waals surface area contributed by atoms with Crippen LogP contribution in [0.2, 0.25) is 0 Å². The van der Waals surface area contributed by atoms with Gasteiger partial charge in [0.1, 0.15) is 0 Å². The van der Waals surface area contributed by atoms with Gasteiger partial charge in [0.05, 0.1) is 0 Å². The van der Waals surface area contributed by atoms with Gasteiger partial charge in [-0.25, -0.2) is 0 Å². The van der Waals surface area contributed by atoms with Gasteiger partial charge in [-0.05, 0) is 48.9 Å². The highest BCUT2D eigenvalue weighted by Gasteiger charge is 2.18. The van der Waals surface area contributed by atoms with E-state index in [2.05, 4.69) is 51.7 Å². The zero-order chi connectivity index (χ0) is 15.1. The van der Waals surface area contributed by atoms with Gasteiger partial charge in [0.25, 0.3) is 0 Å². The Kier molecular flexibility index (Phi) is 3.59. The average Bonchev–Trinajstić information content (AvgIpc) is 2.28. The van der Waals surface area contributed by atoms with Gasteiger partial charge in [-0.3, -0.25) is 4.79 Å². The van der Waals surface area contributed by atoms with E-state index in [0.717, 1.165) is 17.0 Å². The Bertz CT molecular complexity index is 702. The molecule has 0 atom stereocenters. The van der Waals surface area contributed by atoms with E-state index in [1.54, 1.807) is 12.1 Å². The third-order valence-corrected chi connectivity index (χ3v) is 3.65. The fourth-order valence-electron chi connectivity index (χ4n) is 2.74. The van der Waals surface area contributed by atoms with Crippen LogP contribution in [0.5, 0.6) is 0 Å². The summed E-state index contributed by atoms with van der Waals surface area (Å²) in [5.41, 5.74) is 6.90. The summed E-state index contributed by atoms with van der Waals surface area (Å²) >= 11 is 0. The molecule has 0 saturated carbocycles. The highest BCUT2D eigenvalue weighted by atomic mass is 16.1. The number of aromatic nitrogens is 1. The van der Waals surface area contributed by atoms with Crippen molar-refractivity contribution < 1.29 is 0 Å². The molecule has 1 aromatic carbocycles. The van der Waals surface area contributed by atoms with Crippen molar-refractivity contribution in [2.24, 2.45) is 0 Å². The van der Waals surface area contributed by atoms with Gasteiger partial charge >= 0.3 is 0 Å². The summed E-state index contributed by atoms with van der Waals surface area (Å²) in [4.78, 5) is 15.0. The van der Waals surface area contributed by atoms with E-state index in [9.17, 15) is 4.79 Å². The van der Waals surface area contributed by atoms with E-state index in [1.807, 2.05) is 6.92 Å². The van der Waals surface area contributed by atoms with Crippen LogP contribution in [0.1, 0.15) is 43.2 Å². The zero-order valence-electron chi connectivity index (χ0n) is 13.2. The monoisotopic (exact) mass is 269 g/mol. The first-order chi connectivity index (χ1) is 9.18. The summed E-state index contributed by atoms with van der Waals surface area (Å²) in [6.45, 7) is 12.8. The quantitative estimate of drug-likeness (QED) is 0.824. The van der Waals surface area contributed by atoms with E-state index < -0.39 is 0 Å². The second-order valence-electron chi connectivity index (χ2n) is 6.64. The maximum absolute atomic E-state index is 11.7. The molecule has 0 saturated heterocycles. The molecule has 2 nitrogen and oxygen atoms in total. The summed E-state index contributed by atoms with van der Waals surface area (Å²) in [7, 11) is 0. The first-order valence-corrected chi connectivity index (χ1v) is 7.01. The smallest absolute Gasteiger partial charge is 0.182 e. The zero-order valence-corrected chi connectivity index (χ0v) is 13.2. The molecular formula is C18H23NO. The van der Waals surface area contributed by atoms with Crippen molar-refractivity contribution in [2.45, 2.75) is 47.0 Å². The largest absolute Gasteiger partial charge is 0.358 e. The van der Waals surface area contributed by atoms with Crippen LogP contribution in [0.4, 0.5) is 0 Å². The number of aromatic amines is 1. The van der Waals surface area contributed by atoms with Crippen LogP contribution in [0.3, 0.4) is 0 Å². The van der Waals surface area contributed by atoms with E-state index in [0.29, 0.717) is 0 Å². The lowest BCUT2D eigenvalue weighted by molar-refractivity contribution is 0.585. The SMILES string of the molecule is Cc1cc(=O)cc(-c2cc(C)c(C(C)(C)C)cc2C)[nH]1. The molecule has 2 rings (SSSR count). The third kappa shape index (κ3) is 2.84. The molecule has 0 amide bonds. The van der Waals surface area contributed by atoms with Crippen LogP contribution in [-0.4, -0.2) is 4.98 Å². The highest BCUT2D eigenvalue weighted by molar-refractivity contribution is 5.66. The van der Waals surface area contributed by atoms with Crippen LogP contribution in [0.25, 0.3) is 11.3 Å². The first kappa shape index (κ1) is 14.6. The molecule has 1 heterocycles. The molecule has 1 N–H and O–H groups in total. The maximum Gasteiger partial charge on any atom is 0.182 e. The Labute approximate surface area is 120 Å². The molecule has 1 aromatic heterocycles. The second kappa shape index (κ2) is 4.93. The number of nitrogens with one attached hydrogen (secondary N) is 1. The maximum atomic E-state index is 11.7. The van der Waals surface area contributed by atoms with Crippen LogP contribution in [0.15, 0.2) is 29.1 Å². The van der Waals surface area contributed by atoms with Crippen LogP contribution < -0.4 is 5.43 Å². The minimum atomic E-state index is 0.0493. The predicted octanol–water partition coefficient (Wildman–Crippen LogP) is 4.26. The summed E-state index contributed by atoms with van der Waals surface area (Å²) in [5.74, 6) is 0. The molecule has 2 aromatic rings. The van der Waals surface area contributed by atoms with Crippen molar-refractivity contribution in [2.75, 3.05) is 0 Å². The van der Waals surface area contributed by atoms with E-state index >= 15 is 0 Å². The molecular weight excluding hydrogens is 246 g/mol. The van der Waals surface area contributed by atoms with Crippen LogP contribution in [0, 0.1) is 20.8 Å². The molecule has 0 unspecified atom stereocenters. The van der Waals surface area contributed by atoms with Crippen molar-refractivity contribution in [1.29, 1.82) is 0 Å². The van der Waals surface area contributed by atoms with Crippen molar-refractivity contribution in [3.05, 3.63) is 56.9 Å². The normalized spacial score (nSPS) is 11.7. The predicted molar refractivity (Wildman–Crippen MR) is 85.4 cm³/mol. The summed E-state index contributed by atoms with van der Waals surface area (Å²) in [6, 6.07) is 7.71. The lowest BCUT2D eigenvalue weighted by Gasteiger charge is -2.23. The van der Waals surface area contributed by atoms with Gasteiger partial charge in [0, 0.05) is 29.1 Å². The van der Waals surface area contributed by atoms with Gasteiger partial charge in [-0.2, -0.15) is 0 Å². The summed E-state index contributed by atoms with van der Waals surface area (Å²) in [5, 5.41) is 0. The van der Waals surface area contributed by atoms with Crippen molar-refractivity contribution >= 4 is 0 Å². The van der Waals surface area contributed by atoms with Crippen LogP contribution >= 0.6 is 0 Å². The number of hydrogen-bond acceptors (Lipinski definition) is 1. The highest BCUT2D eigenvalue weighted by Crippen LogP contribution is 2.31. The van der Waals surface area contributed by atoms with Crippen LogP contribution in [-0.2, 0) is 5.41 Å². The van der Waals surface area contributed by atoms with Crippen molar-refractivity contribution in [3.63, 3.8) is 0 Å². The lowest BCUT2D eigenvalue weighted by Crippen LogP contribution is -2.14. The number of aryl methyl sites for hydroxylation is 3. The number of pyridine rings is 1. The Morgan fingerprint density at radius 3 is 2.10 bits per heavy atom. The van der Waals surface area contributed by atoms with Gasteiger partial charge < -0.3 is 4.98 Å². The van der Waals surface area contributed by atoms with E-state index in [4.69, 9.17) is 0 Å². The standard InChI is InChI=1S/C18H23NO/c1-11-8-16(18(4,5)6)12(2)7-15(11)17-10-14(20)9-13(3)19-17/h7-10H,1-6H3,(H,19,20). The summed E-state index contributed by atoms with van der Waals surface area (Å²) in [6.07, 6.45) is 0. The number of H-pyrrole nitrogens is 1. The fraction of sp³-hybridized carbons (Fsp3) is 0.389. The van der Waals surface area contributed by atoms with E-state index in [1.165, 1.54) is 16.7 Å². The molecule has 106 valence electrons. The minimum Gasteiger partial charge on any atom is -0.358 e. The second-order valence-corrected chi connectivity index (χ2v) is 6.64. The molecule has 0 aliphatic rings. The molecule has 20 heavy (non-hydrogen) atoms. The molecule has 0 spiro atoms. The molecule has 0 bridgehead atoms. The van der Waals surface area contributed by atoms with Gasteiger partial charge in [-0.1, -0.05) is 26.8 Å². The topological polar surface area (TPSA) is 32.9 Å². The van der Waals surface area contributed by atoms with Crippen molar-refractivity contribution in [1.82, 2.24) is 4.98 Å². The number of benzene rings is 1. The van der Waals surface area contributed by atoms with Gasteiger partial charge in [0.15, 0.2) is 5.43 Å². The Morgan fingerprint density at radius 1 is 0.900 bits per heavy atom. The molecule has 2 heteroatoms. The number of hydrogen-bond donors (Lipinski definition) is 1. The molecule has 0 fully saturated rings. The minimum absolute atomic E-state index is 0.0493. The summed E-state index contributed by atoms with van der Waals surface area (Å²) < 4.78 is 0. The van der Waals surface area contributed by atoms with Gasteiger partial charge in [-0.15, -0.1) is 0 Å². The molecule has 0 aliphatic heterocycles. The Morgan fingerprint density at radius 2 is 1.55 bits per heavy atom.